The van der Waals surface area contributed by atoms with Gasteiger partial charge in [0.05, 0.1) is 19.8 Å². The van der Waals surface area contributed by atoms with Crippen LogP contribution in [0.3, 0.4) is 0 Å². The minimum Gasteiger partial charge on any atom is -0.493 e. The van der Waals surface area contributed by atoms with Gasteiger partial charge in [0.15, 0.2) is 11.5 Å². The third-order valence-corrected chi connectivity index (χ3v) is 6.47. The molecule has 6 heteroatoms. The topological polar surface area (TPSA) is 60.0 Å². The number of nitrogens with one attached hydrogen (secondary N) is 1. The van der Waals surface area contributed by atoms with E-state index in [1.807, 2.05) is 17.0 Å². The molecular formula is C24H40N2O4. The summed E-state index contributed by atoms with van der Waals surface area (Å²) in [4.78, 5) is 15.7. The van der Waals surface area contributed by atoms with Crippen LogP contribution in [0.1, 0.15) is 58.3 Å². The molecule has 2 rings (SSSR count). The van der Waals surface area contributed by atoms with Gasteiger partial charge in [-0.25, -0.2) is 0 Å². The van der Waals surface area contributed by atoms with E-state index in [4.69, 9.17) is 14.2 Å². The standard InChI is InChI=1S/C24H40N2O4/c1-15(2)26(23-17(4)16(3)18(5)25-19(23)6)24(27)20-10-11-21(29-8)22(14-20)30-13-9-12-28-7/h10-11,14-19,23,25H,9,12-13H2,1-8H3. The van der Waals surface area contributed by atoms with Crippen molar-refractivity contribution in [3.8, 4) is 11.5 Å². The number of amides is 1. The molecule has 1 aliphatic heterocycles. The van der Waals surface area contributed by atoms with Crippen LogP contribution in [0.25, 0.3) is 0 Å². The summed E-state index contributed by atoms with van der Waals surface area (Å²) in [5.74, 6) is 2.12. The summed E-state index contributed by atoms with van der Waals surface area (Å²) in [5.41, 5.74) is 0.622. The molecule has 0 aromatic heterocycles. The number of carbonyl (C=O) groups is 1. The quantitative estimate of drug-likeness (QED) is 0.612. The Morgan fingerprint density at radius 3 is 2.33 bits per heavy atom. The fourth-order valence-electron chi connectivity index (χ4n) is 4.55. The number of methoxy groups -OCH3 is 2. The molecule has 1 N–H and O–H groups in total. The van der Waals surface area contributed by atoms with Gasteiger partial charge in [0.25, 0.3) is 5.91 Å². The van der Waals surface area contributed by atoms with Crippen molar-refractivity contribution in [1.82, 2.24) is 10.2 Å². The highest BCUT2D eigenvalue weighted by Gasteiger charge is 2.42. The first-order valence-electron chi connectivity index (χ1n) is 11.1. The molecule has 0 spiro atoms. The van der Waals surface area contributed by atoms with Gasteiger partial charge in [0.2, 0.25) is 0 Å². The number of rotatable bonds is 9. The van der Waals surface area contributed by atoms with Crippen molar-refractivity contribution in [3.63, 3.8) is 0 Å². The van der Waals surface area contributed by atoms with Crippen LogP contribution >= 0.6 is 0 Å². The van der Waals surface area contributed by atoms with Crippen LogP contribution in [0.5, 0.6) is 11.5 Å². The minimum absolute atomic E-state index is 0.0293. The second-order valence-electron chi connectivity index (χ2n) is 8.82. The molecule has 30 heavy (non-hydrogen) atoms. The molecule has 6 nitrogen and oxygen atoms in total. The van der Waals surface area contributed by atoms with E-state index in [0.29, 0.717) is 48.2 Å². The van der Waals surface area contributed by atoms with E-state index in [1.54, 1.807) is 20.3 Å². The first-order chi connectivity index (χ1) is 14.2. The van der Waals surface area contributed by atoms with E-state index in [-0.39, 0.29) is 24.0 Å². The van der Waals surface area contributed by atoms with Gasteiger partial charge in [0, 0.05) is 43.8 Å². The SMILES string of the molecule is COCCCOc1cc(C(=O)N(C(C)C)C2C(C)NC(C)C(C)C2C)ccc1OC. The highest BCUT2D eigenvalue weighted by Crippen LogP contribution is 2.34. The summed E-state index contributed by atoms with van der Waals surface area (Å²) < 4.78 is 16.4. The van der Waals surface area contributed by atoms with Gasteiger partial charge >= 0.3 is 0 Å². The largest absolute Gasteiger partial charge is 0.493 e. The number of hydrogen-bond donors (Lipinski definition) is 1. The number of carbonyl (C=O) groups excluding carboxylic acids is 1. The molecule has 1 aliphatic rings. The van der Waals surface area contributed by atoms with Crippen LogP contribution in [0.4, 0.5) is 0 Å². The number of benzene rings is 1. The molecule has 0 aliphatic carbocycles. The zero-order valence-corrected chi connectivity index (χ0v) is 19.9. The summed E-state index contributed by atoms with van der Waals surface area (Å²) in [5, 5.41) is 3.67. The normalized spacial score (nSPS) is 26.5. The second kappa shape index (κ2) is 11.0. The number of hydrogen-bond acceptors (Lipinski definition) is 5. The lowest BCUT2D eigenvalue weighted by Crippen LogP contribution is -2.64. The lowest BCUT2D eigenvalue weighted by molar-refractivity contribution is 0.0203. The fourth-order valence-corrected chi connectivity index (χ4v) is 4.55. The van der Waals surface area contributed by atoms with E-state index in [9.17, 15) is 4.79 Å². The van der Waals surface area contributed by atoms with Gasteiger partial charge in [-0.3, -0.25) is 4.79 Å². The third-order valence-electron chi connectivity index (χ3n) is 6.47. The number of nitrogens with zero attached hydrogens (tertiary/aromatic N) is 1. The summed E-state index contributed by atoms with van der Waals surface area (Å²) in [6.07, 6.45) is 0.773. The van der Waals surface area contributed by atoms with Crippen LogP contribution in [-0.4, -0.2) is 62.4 Å². The van der Waals surface area contributed by atoms with E-state index in [1.165, 1.54) is 0 Å². The third kappa shape index (κ3) is 5.46. The fraction of sp³-hybridized carbons (Fsp3) is 0.708. The van der Waals surface area contributed by atoms with Crippen LogP contribution < -0.4 is 14.8 Å². The van der Waals surface area contributed by atoms with Gasteiger partial charge in [-0.05, 0) is 57.7 Å². The molecule has 0 bridgehead atoms. The molecule has 1 amide bonds. The van der Waals surface area contributed by atoms with Crippen LogP contribution in [0.15, 0.2) is 18.2 Å². The predicted octanol–water partition coefficient (Wildman–Crippen LogP) is 3.98. The molecule has 0 saturated carbocycles. The average Bonchev–Trinajstić information content (AvgIpc) is 2.71. The Morgan fingerprint density at radius 2 is 1.73 bits per heavy atom. The van der Waals surface area contributed by atoms with Crippen molar-refractivity contribution >= 4 is 5.91 Å². The monoisotopic (exact) mass is 420 g/mol. The van der Waals surface area contributed by atoms with Gasteiger partial charge < -0.3 is 24.4 Å². The van der Waals surface area contributed by atoms with E-state index < -0.39 is 0 Å². The molecule has 1 aromatic rings. The summed E-state index contributed by atoms with van der Waals surface area (Å²) in [6, 6.07) is 6.31. The molecule has 5 atom stereocenters. The Balaban J connectivity index is 2.30. The van der Waals surface area contributed by atoms with Crippen molar-refractivity contribution in [1.29, 1.82) is 0 Å². The molecule has 170 valence electrons. The Hall–Kier alpha value is -1.79. The smallest absolute Gasteiger partial charge is 0.254 e. The lowest BCUT2D eigenvalue weighted by Gasteiger charge is -2.50. The first-order valence-corrected chi connectivity index (χ1v) is 11.1. The molecule has 0 radical (unpaired) electrons. The van der Waals surface area contributed by atoms with Crippen molar-refractivity contribution in [2.75, 3.05) is 27.4 Å². The highest BCUT2D eigenvalue weighted by molar-refractivity contribution is 5.95. The maximum atomic E-state index is 13.7. The van der Waals surface area contributed by atoms with E-state index in [2.05, 4.69) is 46.9 Å². The molecular weight excluding hydrogens is 380 g/mol. The molecule has 1 fully saturated rings. The van der Waals surface area contributed by atoms with Crippen molar-refractivity contribution in [2.24, 2.45) is 11.8 Å². The molecule has 1 saturated heterocycles. The molecule has 5 unspecified atom stereocenters. The summed E-state index contributed by atoms with van der Waals surface area (Å²) in [6.45, 7) is 14.3. The number of ether oxygens (including phenoxy) is 3. The van der Waals surface area contributed by atoms with Gasteiger partial charge in [-0.2, -0.15) is 0 Å². The van der Waals surface area contributed by atoms with E-state index >= 15 is 0 Å². The van der Waals surface area contributed by atoms with Crippen LogP contribution in [0.2, 0.25) is 0 Å². The Labute approximate surface area is 182 Å². The highest BCUT2D eigenvalue weighted by atomic mass is 16.5. The van der Waals surface area contributed by atoms with Gasteiger partial charge in [-0.15, -0.1) is 0 Å². The second-order valence-corrected chi connectivity index (χ2v) is 8.82. The van der Waals surface area contributed by atoms with Gasteiger partial charge in [-0.1, -0.05) is 13.8 Å². The Kier molecular flexibility index (Phi) is 8.98. The van der Waals surface area contributed by atoms with Gasteiger partial charge in [0.1, 0.15) is 0 Å². The molecule has 1 aromatic carbocycles. The van der Waals surface area contributed by atoms with Crippen molar-refractivity contribution in [3.05, 3.63) is 23.8 Å². The van der Waals surface area contributed by atoms with E-state index in [0.717, 1.165) is 6.42 Å². The Bertz CT molecular complexity index is 694. The maximum Gasteiger partial charge on any atom is 0.254 e. The van der Waals surface area contributed by atoms with Crippen molar-refractivity contribution < 1.29 is 19.0 Å². The summed E-state index contributed by atoms with van der Waals surface area (Å²) >= 11 is 0. The lowest BCUT2D eigenvalue weighted by atomic mass is 9.76. The first kappa shape index (κ1) is 24.5. The average molecular weight is 421 g/mol. The minimum atomic E-state index is 0.0293. The zero-order chi connectivity index (χ0) is 22.4. The van der Waals surface area contributed by atoms with Crippen LogP contribution in [0, 0.1) is 11.8 Å². The van der Waals surface area contributed by atoms with Crippen LogP contribution in [-0.2, 0) is 4.74 Å². The van der Waals surface area contributed by atoms with Crippen molar-refractivity contribution in [2.45, 2.75) is 72.1 Å². The zero-order valence-electron chi connectivity index (χ0n) is 19.9. The number of piperidine rings is 1. The Morgan fingerprint density at radius 1 is 1.03 bits per heavy atom. The maximum absolute atomic E-state index is 13.7. The molecule has 1 heterocycles. The summed E-state index contributed by atoms with van der Waals surface area (Å²) in [7, 11) is 3.28. The predicted molar refractivity (Wildman–Crippen MR) is 120 cm³/mol.